The number of anilines is 2. The summed E-state index contributed by atoms with van der Waals surface area (Å²) < 4.78 is 0. The predicted molar refractivity (Wildman–Crippen MR) is 92.3 cm³/mol. The van der Waals surface area contributed by atoms with Gasteiger partial charge in [-0.1, -0.05) is 11.6 Å². The van der Waals surface area contributed by atoms with Gasteiger partial charge in [0.15, 0.2) is 0 Å². The summed E-state index contributed by atoms with van der Waals surface area (Å²) in [6, 6.07) is 11.6. The van der Waals surface area contributed by atoms with Crippen molar-refractivity contribution in [2.75, 3.05) is 10.2 Å². The number of rotatable bonds is 3. The van der Waals surface area contributed by atoms with Crippen molar-refractivity contribution in [3.8, 4) is 0 Å². The van der Waals surface area contributed by atoms with Crippen molar-refractivity contribution in [2.24, 2.45) is 0 Å². The number of nitrogens with one attached hydrogen (secondary N) is 1. The molecule has 2 aromatic rings. The van der Waals surface area contributed by atoms with E-state index < -0.39 is 0 Å². The lowest BCUT2D eigenvalue weighted by molar-refractivity contribution is -0.121. The topological polar surface area (TPSA) is 66.5 Å². The molecular weight excluding hydrogens is 328 g/mol. The average molecular weight is 343 g/mol. The lowest BCUT2D eigenvalue weighted by Gasteiger charge is -2.14. The van der Waals surface area contributed by atoms with E-state index in [1.54, 1.807) is 42.5 Å². The van der Waals surface area contributed by atoms with Gasteiger partial charge < -0.3 is 5.32 Å². The quantitative estimate of drug-likeness (QED) is 0.867. The van der Waals surface area contributed by atoms with Gasteiger partial charge in [0.1, 0.15) is 0 Å². The van der Waals surface area contributed by atoms with E-state index in [9.17, 15) is 14.4 Å². The maximum absolute atomic E-state index is 12.3. The summed E-state index contributed by atoms with van der Waals surface area (Å²) in [5.41, 5.74) is 2.47. The van der Waals surface area contributed by atoms with E-state index in [1.165, 1.54) is 0 Å². The van der Waals surface area contributed by atoms with E-state index >= 15 is 0 Å². The predicted octanol–water partition coefficient (Wildman–Crippen LogP) is 3.55. The molecule has 3 amide bonds. The highest BCUT2D eigenvalue weighted by Crippen LogP contribution is 2.24. The van der Waals surface area contributed by atoms with Crippen LogP contribution >= 0.6 is 11.6 Å². The first-order chi connectivity index (χ1) is 11.5. The molecule has 0 saturated carbocycles. The van der Waals surface area contributed by atoms with Gasteiger partial charge in [-0.25, -0.2) is 0 Å². The molecule has 5 nitrogen and oxygen atoms in total. The minimum absolute atomic E-state index is 0.214. The summed E-state index contributed by atoms with van der Waals surface area (Å²) in [7, 11) is 0. The van der Waals surface area contributed by atoms with Gasteiger partial charge in [0.2, 0.25) is 11.8 Å². The number of halogens is 1. The molecular formula is C18H15ClN2O3. The van der Waals surface area contributed by atoms with Gasteiger partial charge in [0.25, 0.3) is 5.91 Å². The highest BCUT2D eigenvalue weighted by Gasteiger charge is 2.30. The summed E-state index contributed by atoms with van der Waals surface area (Å²) in [6.45, 7) is 1.86. The number of imide groups is 1. The zero-order chi connectivity index (χ0) is 17.3. The summed E-state index contributed by atoms with van der Waals surface area (Å²) in [5.74, 6) is -0.700. The fraction of sp³-hybridized carbons (Fsp3) is 0.167. The van der Waals surface area contributed by atoms with Gasteiger partial charge in [-0.05, 0) is 55.0 Å². The van der Waals surface area contributed by atoms with Crippen LogP contribution in [0, 0.1) is 6.92 Å². The van der Waals surface area contributed by atoms with E-state index in [1.807, 2.05) is 6.92 Å². The second-order valence-corrected chi connectivity index (χ2v) is 6.02. The van der Waals surface area contributed by atoms with E-state index in [0.29, 0.717) is 22.0 Å². The Hall–Kier alpha value is -2.66. The van der Waals surface area contributed by atoms with Gasteiger partial charge >= 0.3 is 0 Å². The van der Waals surface area contributed by atoms with Gasteiger partial charge in [-0.15, -0.1) is 0 Å². The third kappa shape index (κ3) is 3.16. The molecule has 0 bridgehead atoms. The maximum atomic E-state index is 12.3. The Morgan fingerprint density at radius 3 is 2.25 bits per heavy atom. The lowest BCUT2D eigenvalue weighted by Crippen LogP contribution is -2.28. The van der Waals surface area contributed by atoms with Crippen molar-refractivity contribution in [3.63, 3.8) is 0 Å². The highest BCUT2D eigenvalue weighted by molar-refractivity contribution is 6.30. The van der Waals surface area contributed by atoms with Crippen LogP contribution in [0.4, 0.5) is 11.4 Å². The van der Waals surface area contributed by atoms with Crippen molar-refractivity contribution in [1.29, 1.82) is 0 Å². The molecule has 0 spiro atoms. The van der Waals surface area contributed by atoms with Crippen molar-refractivity contribution < 1.29 is 14.4 Å². The molecule has 1 aliphatic rings. The molecule has 1 N–H and O–H groups in total. The molecule has 24 heavy (non-hydrogen) atoms. The third-order valence-corrected chi connectivity index (χ3v) is 4.11. The van der Waals surface area contributed by atoms with Crippen LogP contribution in [0.25, 0.3) is 0 Å². The van der Waals surface area contributed by atoms with Crippen LogP contribution in [0.1, 0.15) is 28.8 Å². The largest absolute Gasteiger partial charge is 0.322 e. The Morgan fingerprint density at radius 1 is 1.04 bits per heavy atom. The van der Waals surface area contributed by atoms with Crippen molar-refractivity contribution in [1.82, 2.24) is 0 Å². The van der Waals surface area contributed by atoms with Gasteiger partial charge in [-0.3, -0.25) is 19.3 Å². The Labute approximate surface area is 144 Å². The number of benzene rings is 2. The fourth-order valence-corrected chi connectivity index (χ4v) is 2.81. The second-order valence-electron chi connectivity index (χ2n) is 5.58. The molecule has 0 unspecified atom stereocenters. The minimum Gasteiger partial charge on any atom is -0.322 e. The molecule has 0 radical (unpaired) electrons. The summed E-state index contributed by atoms with van der Waals surface area (Å²) >= 11 is 5.90. The Morgan fingerprint density at radius 2 is 1.67 bits per heavy atom. The Balaban J connectivity index is 1.76. The minimum atomic E-state index is -0.272. The molecule has 1 saturated heterocycles. The van der Waals surface area contributed by atoms with Crippen molar-refractivity contribution in [2.45, 2.75) is 19.8 Å². The Bertz CT molecular complexity index is 815. The number of hydrogen-bond donors (Lipinski definition) is 1. The smallest absolute Gasteiger partial charge is 0.255 e. The number of carbonyl (C=O) groups is 3. The van der Waals surface area contributed by atoms with Crippen LogP contribution in [0.5, 0.6) is 0 Å². The monoisotopic (exact) mass is 342 g/mol. The van der Waals surface area contributed by atoms with Crippen LogP contribution in [-0.2, 0) is 9.59 Å². The summed E-state index contributed by atoms with van der Waals surface area (Å²) in [6.07, 6.45) is 0.466. The molecule has 0 aromatic heterocycles. The SMILES string of the molecule is Cc1cc(Cl)ccc1NC(=O)c1ccc(N2C(=O)CCC2=O)cc1. The first-order valence-corrected chi connectivity index (χ1v) is 7.87. The zero-order valence-electron chi connectivity index (χ0n) is 13.0. The van der Waals surface area contributed by atoms with E-state index in [4.69, 9.17) is 11.6 Å². The number of aryl methyl sites for hydroxylation is 1. The van der Waals surface area contributed by atoms with Crippen LogP contribution in [0.15, 0.2) is 42.5 Å². The molecule has 0 aliphatic carbocycles. The second kappa shape index (κ2) is 6.45. The van der Waals surface area contributed by atoms with Gasteiger partial charge in [-0.2, -0.15) is 0 Å². The number of carbonyl (C=O) groups excluding carboxylic acids is 3. The molecule has 2 aromatic carbocycles. The van der Waals surface area contributed by atoms with E-state index in [-0.39, 0.29) is 30.6 Å². The summed E-state index contributed by atoms with van der Waals surface area (Å²) in [4.78, 5) is 36.9. The number of amides is 3. The summed E-state index contributed by atoms with van der Waals surface area (Å²) in [5, 5.41) is 3.42. The van der Waals surface area contributed by atoms with Crippen LogP contribution in [0.3, 0.4) is 0 Å². The standard InChI is InChI=1S/C18H15ClN2O3/c1-11-10-13(19)4-7-15(11)20-18(24)12-2-5-14(6-3-12)21-16(22)8-9-17(21)23/h2-7,10H,8-9H2,1H3,(H,20,24). The molecule has 122 valence electrons. The number of hydrogen-bond acceptors (Lipinski definition) is 3. The first-order valence-electron chi connectivity index (χ1n) is 7.49. The van der Waals surface area contributed by atoms with E-state index in [2.05, 4.69) is 5.32 Å². The lowest BCUT2D eigenvalue weighted by atomic mass is 10.1. The maximum Gasteiger partial charge on any atom is 0.255 e. The molecule has 6 heteroatoms. The zero-order valence-corrected chi connectivity index (χ0v) is 13.8. The highest BCUT2D eigenvalue weighted by atomic mass is 35.5. The fourth-order valence-electron chi connectivity index (χ4n) is 2.59. The van der Waals surface area contributed by atoms with Crippen molar-refractivity contribution in [3.05, 3.63) is 58.6 Å². The van der Waals surface area contributed by atoms with Crippen LogP contribution < -0.4 is 10.2 Å². The van der Waals surface area contributed by atoms with Crippen LogP contribution in [0.2, 0.25) is 5.02 Å². The molecule has 1 aliphatic heterocycles. The van der Waals surface area contributed by atoms with E-state index in [0.717, 1.165) is 10.5 Å². The molecule has 0 atom stereocenters. The Kier molecular flexibility index (Phi) is 4.36. The van der Waals surface area contributed by atoms with Crippen molar-refractivity contribution >= 4 is 40.7 Å². The van der Waals surface area contributed by atoms with Gasteiger partial charge in [0, 0.05) is 29.1 Å². The molecule has 3 rings (SSSR count). The first kappa shape index (κ1) is 16.2. The third-order valence-electron chi connectivity index (χ3n) is 3.88. The average Bonchev–Trinajstić information content (AvgIpc) is 2.89. The normalized spacial score (nSPS) is 14.2. The number of nitrogens with zero attached hydrogens (tertiary/aromatic N) is 1. The van der Waals surface area contributed by atoms with Crippen LogP contribution in [-0.4, -0.2) is 17.7 Å². The molecule has 1 heterocycles. The molecule has 1 fully saturated rings. The van der Waals surface area contributed by atoms with Gasteiger partial charge in [0.05, 0.1) is 5.69 Å².